The molecule has 0 aliphatic rings. The summed E-state index contributed by atoms with van der Waals surface area (Å²) in [5, 5.41) is 0. The van der Waals surface area contributed by atoms with Gasteiger partial charge in [-0.05, 0) is 5.92 Å². The summed E-state index contributed by atoms with van der Waals surface area (Å²) in [4.78, 5) is 0. The molecule has 0 saturated heterocycles. The fourth-order valence-corrected chi connectivity index (χ4v) is 1.54. The summed E-state index contributed by atoms with van der Waals surface area (Å²) in [6.07, 6.45) is -2.06. The minimum Gasteiger partial charge on any atom is -0.200 e. The van der Waals surface area contributed by atoms with E-state index in [9.17, 15) is 52.7 Å². The highest BCUT2D eigenvalue weighted by molar-refractivity contribution is 5.11. The average molecular weight is 372 g/mol. The first kappa shape index (κ1) is 22.2. The fourth-order valence-electron chi connectivity index (χ4n) is 1.54. The van der Waals surface area contributed by atoms with Crippen LogP contribution in [-0.4, -0.2) is 35.5 Å². The number of hydrogen-bond acceptors (Lipinski definition) is 0. The van der Waals surface area contributed by atoms with Crippen LogP contribution < -0.4 is 0 Å². The maximum atomic E-state index is 13.2. The van der Waals surface area contributed by atoms with Crippen molar-refractivity contribution in [2.45, 2.75) is 62.7 Å². The summed E-state index contributed by atoms with van der Waals surface area (Å²) in [7, 11) is 0. The van der Waals surface area contributed by atoms with Crippen LogP contribution in [0.2, 0.25) is 0 Å². The molecule has 23 heavy (non-hydrogen) atoms. The molecule has 0 amide bonds. The average Bonchev–Trinajstić information content (AvgIpc) is 2.24. The normalized spacial score (nSPS) is 16.2. The molecule has 0 spiro atoms. The van der Waals surface area contributed by atoms with Crippen LogP contribution >= 0.6 is 0 Å². The number of halogens is 12. The first-order valence-electron chi connectivity index (χ1n) is 5.93. The minimum absolute atomic E-state index is 0.842. The maximum Gasteiger partial charge on any atom is 0.384 e. The molecule has 0 unspecified atom stereocenters. The quantitative estimate of drug-likeness (QED) is 0.491. The molecule has 0 saturated carbocycles. The highest BCUT2D eigenvalue weighted by Crippen LogP contribution is 2.60. The Morgan fingerprint density at radius 1 is 0.565 bits per heavy atom. The molecule has 0 nitrogen and oxygen atoms in total. The van der Waals surface area contributed by atoms with Gasteiger partial charge < -0.3 is 0 Å². The van der Waals surface area contributed by atoms with Gasteiger partial charge in [0, 0.05) is 13.3 Å². The van der Waals surface area contributed by atoms with Crippen LogP contribution in [0.5, 0.6) is 0 Å². The van der Waals surface area contributed by atoms with E-state index in [1.165, 1.54) is 0 Å². The van der Waals surface area contributed by atoms with E-state index in [0.29, 0.717) is 0 Å². The molecule has 0 aromatic rings. The molecular formula is C11H12F12. The molecule has 12 heteroatoms. The molecule has 0 N–H and O–H groups in total. The smallest absolute Gasteiger partial charge is 0.200 e. The summed E-state index contributed by atoms with van der Waals surface area (Å²) in [5.41, 5.74) is 0. The van der Waals surface area contributed by atoms with Crippen LogP contribution in [0.3, 0.4) is 0 Å². The monoisotopic (exact) mass is 372 g/mol. The zero-order chi connectivity index (χ0) is 19.3. The molecule has 0 aliphatic carbocycles. The van der Waals surface area contributed by atoms with Gasteiger partial charge in [0.1, 0.15) is 0 Å². The Bertz CT molecular complexity index is 417. The Hall–Kier alpha value is -0.840. The van der Waals surface area contributed by atoms with Crippen LogP contribution in [0.1, 0.15) is 27.2 Å². The predicted octanol–water partition coefficient (Wildman–Crippen LogP) is 5.86. The Kier molecular flexibility index (Phi) is 5.40. The van der Waals surface area contributed by atoms with E-state index in [1.807, 2.05) is 0 Å². The van der Waals surface area contributed by atoms with E-state index in [2.05, 4.69) is 0 Å². The lowest BCUT2D eigenvalue weighted by atomic mass is 9.89. The van der Waals surface area contributed by atoms with Crippen molar-refractivity contribution in [1.82, 2.24) is 0 Å². The van der Waals surface area contributed by atoms with Crippen molar-refractivity contribution in [3.8, 4) is 0 Å². The van der Waals surface area contributed by atoms with Crippen LogP contribution in [0, 0.1) is 5.92 Å². The molecule has 0 bridgehead atoms. The molecule has 0 aromatic carbocycles. The summed E-state index contributed by atoms with van der Waals surface area (Å²) in [6.45, 7) is 0.755. The van der Waals surface area contributed by atoms with Gasteiger partial charge in [0.05, 0.1) is 0 Å². The van der Waals surface area contributed by atoms with Crippen LogP contribution in [0.25, 0.3) is 0 Å². The Labute approximate surface area is 122 Å². The van der Waals surface area contributed by atoms with Crippen molar-refractivity contribution < 1.29 is 52.7 Å². The largest absolute Gasteiger partial charge is 0.384 e. The summed E-state index contributed by atoms with van der Waals surface area (Å²) in [6, 6.07) is 0. The van der Waals surface area contributed by atoms with Gasteiger partial charge in [-0.3, -0.25) is 0 Å². The summed E-state index contributed by atoms with van der Waals surface area (Å²) < 4.78 is 156. The molecule has 0 atom stereocenters. The Morgan fingerprint density at radius 2 is 0.870 bits per heavy atom. The molecular weight excluding hydrogens is 360 g/mol. The zero-order valence-electron chi connectivity index (χ0n) is 11.8. The van der Waals surface area contributed by atoms with Gasteiger partial charge in [-0.25, -0.2) is 0 Å². The van der Waals surface area contributed by atoms with Crippen molar-refractivity contribution >= 4 is 0 Å². The van der Waals surface area contributed by atoms with Crippen LogP contribution in [0.4, 0.5) is 52.7 Å². The van der Waals surface area contributed by atoms with E-state index < -0.39 is 54.8 Å². The van der Waals surface area contributed by atoms with Gasteiger partial charge in [-0.15, -0.1) is 0 Å². The van der Waals surface area contributed by atoms with Crippen LogP contribution in [-0.2, 0) is 0 Å². The first-order valence-corrected chi connectivity index (χ1v) is 5.93. The molecule has 0 radical (unpaired) electrons. The highest BCUT2D eigenvalue weighted by Gasteiger charge is 2.89. The van der Waals surface area contributed by atoms with E-state index in [0.717, 1.165) is 13.8 Å². The fraction of sp³-hybridized carbons (Fsp3) is 1.00. The topological polar surface area (TPSA) is 0 Å². The van der Waals surface area contributed by atoms with Gasteiger partial charge in [0.2, 0.25) is 0 Å². The van der Waals surface area contributed by atoms with Crippen molar-refractivity contribution in [3.05, 3.63) is 0 Å². The molecule has 140 valence electrons. The lowest BCUT2D eigenvalue weighted by Crippen LogP contribution is -2.70. The van der Waals surface area contributed by atoms with E-state index in [4.69, 9.17) is 0 Å². The van der Waals surface area contributed by atoms with Crippen molar-refractivity contribution in [3.63, 3.8) is 0 Å². The molecule has 0 aliphatic heterocycles. The molecule has 0 aromatic heterocycles. The Morgan fingerprint density at radius 3 is 1.13 bits per heavy atom. The van der Waals surface area contributed by atoms with Gasteiger partial charge >= 0.3 is 35.5 Å². The van der Waals surface area contributed by atoms with Gasteiger partial charge in [0.15, 0.2) is 0 Å². The standard InChI is InChI=1S/C11H12F12/c1-5(2)4-7(14,15)9(18,19)11(22,23)10(20,21)8(16,17)6(3,12)13/h5H,4H2,1-3H3. The second-order valence-corrected chi connectivity index (χ2v) is 5.49. The minimum atomic E-state index is -7.44. The molecule has 0 rings (SSSR count). The third-order valence-electron chi connectivity index (χ3n) is 2.86. The third kappa shape index (κ3) is 3.21. The van der Waals surface area contributed by atoms with Gasteiger partial charge in [0.25, 0.3) is 0 Å². The Balaban J connectivity index is 6.14. The predicted molar refractivity (Wildman–Crippen MR) is 54.8 cm³/mol. The zero-order valence-corrected chi connectivity index (χ0v) is 11.8. The van der Waals surface area contributed by atoms with Gasteiger partial charge in [-0.2, -0.15) is 52.7 Å². The first-order chi connectivity index (χ1) is 9.67. The third-order valence-corrected chi connectivity index (χ3v) is 2.86. The molecule has 0 heterocycles. The number of rotatable bonds is 7. The van der Waals surface area contributed by atoms with Crippen molar-refractivity contribution in [1.29, 1.82) is 0 Å². The summed E-state index contributed by atoms with van der Waals surface area (Å²) >= 11 is 0. The highest BCUT2D eigenvalue weighted by atomic mass is 19.4. The van der Waals surface area contributed by atoms with E-state index in [-0.39, 0.29) is 0 Å². The SMILES string of the molecule is CC(C)CC(F)(F)C(F)(F)C(F)(F)C(F)(F)C(F)(F)C(C)(F)F. The number of alkyl halides is 12. The number of hydrogen-bond donors (Lipinski definition) is 0. The van der Waals surface area contributed by atoms with Crippen molar-refractivity contribution in [2.24, 2.45) is 5.92 Å². The summed E-state index contributed by atoms with van der Waals surface area (Å²) in [5.74, 6) is -42.0. The van der Waals surface area contributed by atoms with Crippen molar-refractivity contribution in [2.75, 3.05) is 0 Å². The van der Waals surface area contributed by atoms with E-state index in [1.54, 1.807) is 0 Å². The van der Waals surface area contributed by atoms with E-state index >= 15 is 0 Å². The van der Waals surface area contributed by atoms with Gasteiger partial charge in [-0.1, -0.05) is 13.8 Å². The lowest BCUT2D eigenvalue weighted by Gasteiger charge is -2.41. The lowest BCUT2D eigenvalue weighted by molar-refractivity contribution is -0.424. The maximum absolute atomic E-state index is 13.2. The van der Waals surface area contributed by atoms with Crippen LogP contribution in [0.15, 0.2) is 0 Å². The second-order valence-electron chi connectivity index (χ2n) is 5.49. The molecule has 0 fully saturated rings. The second kappa shape index (κ2) is 5.61.